The Bertz CT molecular complexity index is 804. The van der Waals surface area contributed by atoms with Crippen LogP contribution in [-0.2, 0) is 11.3 Å². The summed E-state index contributed by atoms with van der Waals surface area (Å²) in [5, 5.41) is 0.812. The molecule has 5 nitrogen and oxygen atoms in total. The predicted molar refractivity (Wildman–Crippen MR) is 114 cm³/mol. The molecule has 0 saturated carbocycles. The summed E-state index contributed by atoms with van der Waals surface area (Å²) in [6, 6.07) is 12.4. The van der Waals surface area contributed by atoms with Crippen LogP contribution in [0.4, 0.5) is 4.79 Å². The van der Waals surface area contributed by atoms with E-state index in [9.17, 15) is 4.79 Å². The number of nitrogens with zero attached hydrogens (tertiary/aromatic N) is 3. The molecular formula is C21H26ClN3O2S. The quantitative estimate of drug-likeness (QED) is 0.678. The number of rotatable bonds is 7. The molecule has 2 fully saturated rings. The number of hydrogen-bond acceptors (Lipinski definition) is 5. The second-order valence-corrected chi connectivity index (χ2v) is 8.89. The average molecular weight is 420 g/mol. The van der Waals surface area contributed by atoms with Crippen molar-refractivity contribution in [3.63, 3.8) is 0 Å². The molecule has 1 aromatic heterocycles. The van der Waals surface area contributed by atoms with Gasteiger partial charge >= 0.3 is 6.09 Å². The number of carbonyl (C=O) groups excluding carboxylic acids is 1. The number of carbonyl (C=O) groups is 1. The summed E-state index contributed by atoms with van der Waals surface area (Å²) < 4.78 is 4.98. The number of thiophene rings is 1. The minimum absolute atomic E-state index is 0.156. The first-order valence-electron chi connectivity index (χ1n) is 9.89. The molecule has 7 heteroatoms. The molecule has 2 saturated heterocycles. The van der Waals surface area contributed by atoms with Crippen LogP contribution in [0.1, 0.15) is 11.3 Å². The summed E-state index contributed by atoms with van der Waals surface area (Å²) in [5.41, 5.74) is 1.12. The second kappa shape index (κ2) is 9.27. The first-order valence-corrected chi connectivity index (χ1v) is 11.1. The fourth-order valence-electron chi connectivity index (χ4n) is 3.77. The predicted octanol–water partition coefficient (Wildman–Crippen LogP) is 4.03. The first kappa shape index (κ1) is 19.7. The van der Waals surface area contributed by atoms with Crippen molar-refractivity contribution in [1.29, 1.82) is 0 Å². The van der Waals surface area contributed by atoms with Gasteiger partial charge in [-0.25, -0.2) is 4.79 Å². The van der Waals surface area contributed by atoms with Crippen LogP contribution < -0.4 is 0 Å². The van der Waals surface area contributed by atoms with Crippen LogP contribution in [0.2, 0.25) is 5.02 Å². The third-order valence-electron chi connectivity index (χ3n) is 5.39. The van der Waals surface area contributed by atoms with E-state index in [1.54, 1.807) is 0 Å². The lowest BCUT2D eigenvalue weighted by atomic mass is 10.2. The molecule has 0 N–H and O–H groups in total. The van der Waals surface area contributed by atoms with Crippen LogP contribution in [0.3, 0.4) is 0 Å². The molecule has 0 unspecified atom stereocenters. The second-order valence-electron chi connectivity index (χ2n) is 7.32. The van der Waals surface area contributed by atoms with Gasteiger partial charge in [0.15, 0.2) is 0 Å². The molecule has 2 aliphatic heterocycles. The van der Waals surface area contributed by atoms with Crippen LogP contribution in [0.5, 0.6) is 0 Å². The van der Waals surface area contributed by atoms with Crippen LogP contribution in [0, 0.1) is 0 Å². The topological polar surface area (TPSA) is 36.0 Å². The smallest absolute Gasteiger partial charge is 0.409 e. The van der Waals surface area contributed by atoms with E-state index in [4.69, 9.17) is 16.3 Å². The molecule has 28 heavy (non-hydrogen) atoms. The van der Waals surface area contributed by atoms with Gasteiger partial charge in [-0.3, -0.25) is 4.90 Å². The Hall–Kier alpha value is -1.60. The van der Waals surface area contributed by atoms with Crippen LogP contribution in [0.15, 0.2) is 36.4 Å². The van der Waals surface area contributed by atoms with Crippen LogP contribution >= 0.6 is 22.9 Å². The zero-order valence-electron chi connectivity index (χ0n) is 16.0. The number of amides is 1. The number of benzene rings is 1. The highest BCUT2D eigenvalue weighted by Crippen LogP contribution is 2.33. The number of halogens is 1. The minimum Gasteiger partial charge on any atom is -0.448 e. The van der Waals surface area contributed by atoms with Gasteiger partial charge in [-0.2, -0.15) is 0 Å². The monoisotopic (exact) mass is 419 g/mol. The Kier molecular flexibility index (Phi) is 6.52. The van der Waals surface area contributed by atoms with E-state index in [0.717, 1.165) is 69.4 Å². The molecule has 150 valence electrons. The Balaban J connectivity index is 1.21. The highest BCUT2D eigenvalue weighted by molar-refractivity contribution is 7.15. The van der Waals surface area contributed by atoms with Crippen LogP contribution in [-0.4, -0.2) is 73.2 Å². The standard InChI is InChI=1S/C21H26ClN3O2S/c22-19-5-2-1-4-18(19)20-7-6-17(28-20)16-24-12-10-23(11-13-24)8-3-9-25-14-15-27-21(25)26/h1-2,4-7H,3,8-16H2. The zero-order chi connectivity index (χ0) is 19.3. The molecule has 4 rings (SSSR count). The van der Waals surface area contributed by atoms with Crippen molar-refractivity contribution in [2.45, 2.75) is 13.0 Å². The van der Waals surface area contributed by atoms with Crippen molar-refractivity contribution in [3.05, 3.63) is 46.3 Å². The lowest BCUT2D eigenvalue weighted by molar-refractivity contribution is 0.123. The van der Waals surface area contributed by atoms with Gasteiger partial charge in [0.1, 0.15) is 6.61 Å². The van der Waals surface area contributed by atoms with Gasteiger partial charge in [0.25, 0.3) is 0 Å². The maximum Gasteiger partial charge on any atom is 0.409 e. The Morgan fingerprint density at radius 1 is 0.964 bits per heavy atom. The molecule has 3 heterocycles. The van der Waals surface area contributed by atoms with Gasteiger partial charge in [-0.05, 0) is 31.2 Å². The molecule has 0 spiro atoms. The Morgan fingerprint density at radius 2 is 1.75 bits per heavy atom. The van der Waals surface area contributed by atoms with Gasteiger partial charge in [0, 0.05) is 59.6 Å². The highest BCUT2D eigenvalue weighted by Gasteiger charge is 2.22. The van der Waals surface area contributed by atoms with E-state index in [0.29, 0.717) is 6.61 Å². The van der Waals surface area contributed by atoms with Crippen molar-refractivity contribution in [2.24, 2.45) is 0 Å². The maximum atomic E-state index is 11.5. The molecule has 1 aromatic carbocycles. The van der Waals surface area contributed by atoms with Gasteiger partial charge in [0.2, 0.25) is 0 Å². The van der Waals surface area contributed by atoms with Crippen molar-refractivity contribution >= 4 is 29.0 Å². The third-order valence-corrected chi connectivity index (χ3v) is 6.83. The molecule has 0 radical (unpaired) electrons. The fraction of sp³-hybridized carbons (Fsp3) is 0.476. The summed E-state index contributed by atoms with van der Waals surface area (Å²) in [6.07, 6.45) is 0.859. The molecule has 1 amide bonds. The number of piperazine rings is 1. The lowest BCUT2D eigenvalue weighted by Gasteiger charge is -2.34. The first-order chi connectivity index (χ1) is 13.7. The van der Waals surface area contributed by atoms with Crippen LogP contribution in [0.25, 0.3) is 10.4 Å². The summed E-state index contributed by atoms with van der Waals surface area (Å²) in [6.45, 7) is 8.49. The zero-order valence-corrected chi connectivity index (χ0v) is 17.6. The fourth-order valence-corrected chi connectivity index (χ4v) is 5.16. The summed E-state index contributed by atoms with van der Waals surface area (Å²) >= 11 is 8.16. The lowest BCUT2D eigenvalue weighted by Crippen LogP contribution is -2.46. The molecule has 0 bridgehead atoms. The Morgan fingerprint density at radius 3 is 2.50 bits per heavy atom. The largest absolute Gasteiger partial charge is 0.448 e. The summed E-state index contributed by atoms with van der Waals surface area (Å²) in [5.74, 6) is 0. The SMILES string of the molecule is O=C1OCCN1CCCN1CCN(Cc2ccc(-c3ccccc3Cl)s2)CC1. The maximum absolute atomic E-state index is 11.5. The third kappa shape index (κ3) is 4.87. The van der Waals surface area contributed by atoms with Crippen molar-refractivity contribution in [2.75, 3.05) is 52.4 Å². The molecule has 0 atom stereocenters. The molecule has 0 aliphatic carbocycles. The summed E-state index contributed by atoms with van der Waals surface area (Å²) in [4.78, 5) is 20.9. The van der Waals surface area contributed by atoms with Gasteiger partial charge in [0.05, 0.1) is 6.54 Å². The van der Waals surface area contributed by atoms with Crippen molar-refractivity contribution in [1.82, 2.24) is 14.7 Å². The van der Waals surface area contributed by atoms with Gasteiger partial charge in [-0.15, -0.1) is 11.3 Å². The van der Waals surface area contributed by atoms with E-state index in [2.05, 4.69) is 28.0 Å². The van der Waals surface area contributed by atoms with E-state index in [1.807, 2.05) is 34.4 Å². The van der Waals surface area contributed by atoms with Gasteiger partial charge in [-0.1, -0.05) is 29.8 Å². The molecule has 2 aromatic rings. The number of ether oxygens (including phenoxy) is 1. The van der Waals surface area contributed by atoms with Gasteiger partial charge < -0.3 is 14.5 Å². The molecular weight excluding hydrogens is 394 g/mol. The van der Waals surface area contributed by atoms with Crippen molar-refractivity contribution < 1.29 is 9.53 Å². The van der Waals surface area contributed by atoms with E-state index < -0.39 is 0 Å². The molecule has 2 aliphatic rings. The Labute approximate surface area is 175 Å². The van der Waals surface area contributed by atoms with E-state index in [-0.39, 0.29) is 6.09 Å². The minimum atomic E-state index is -0.156. The van der Waals surface area contributed by atoms with Crippen molar-refractivity contribution in [3.8, 4) is 10.4 Å². The number of cyclic esters (lactones) is 1. The van der Waals surface area contributed by atoms with E-state index >= 15 is 0 Å². The van der Waals surface area contributed by atoms with E-state index in [1.165, 1.54) is 9.75 Å². The summed E-state index contributed by atoms with van der Waals surface area (Å²) in [7, 11) is 0. The average Bonchev–Trinajstić information content (AvgIpc) is 3.33. The normalized spacial score (nSPS) is 18.6. The highest BCUT2D eigenvalue weighted by atomic mass is 35.5. The number of hydrogen-bond donors (Lipinski definition) is 0.